The number of nitriles is 1. The van der Waals surface area contributed by atoms with Crippen molar-refractivity contribution in [2.75, 3.05) is 24.5 Å². The molecule has 5 heteroatoms. The summed E-state index contributed by atoms with van der Waals surface area (Å²) in [4.78, 5) is 29.0. The van der Waals surface area contributed by atoms with E-state index in [0.717, 1.165) is 18.5 Å². The molecule has 3 rings (SSSR count). The van der Waals surface area contributed by atoms with Gasteiger partial charge < -0.3 is 9.80 Å². The fourth-order valence-corrected chi connectivity index (χ4v) is 3.36. The first-order valence-electron chi connectivity index (χ1n) is 8.39. The van der Waals surface area contributed by atoms with Crippen molar-refractivity contribution < 1.29 is 9.59 Å². The second-order valence-electron chi connectivity index (χ2n) is 6.69. The fourth-order valence-electron chi connectivity index (χ4n) is 3.36. The van der Waals surface area contributed by atoms with Gasteiger partial charge in [-0.05, 0) is 24.8 Å². The smallest absolute Gasteiger partial charge is 0.265 e. The average molecular weight is 323 g/mol. The van der Waals surface area contributed by atoms with Crippen molar-refractivity contribution in [3.63, 3.8) is 0 Å². The predicted molar refractivity (Wildman–Crippen MR) is 92.0 cm³/mol. The summed E-state index contributed by atoms with van der Waals surface area (Å²) in [5, 5.41) is 9.60. The van der Waals surface area contributed by atoms with Crippen molar-refractivity contribution in [2.45, 2.75) is 26.7 Å². The Labute approximate surface area is 142 Å². The SMILES string of the molecule is CC(C)CN1C(=O)C(=C(C#N)C(=O)N2CCCC2)c2ccccc21. The van der Waals surface area contributed by atoms with E-state index in [1.54, 1.807) is 9.80 Å². The molecule has 0 atom stereocenters. The maximum Gasteiger partial charge on any atom is 0.265 e. The molecule has 0 bridgehead atoms. The van der Waals surface area contributed by atoms with E-state index in [-0.39, 0.29) is 23.0 Å². The van der Waals surface area contributed by atoms with Crippen LogP contribution in [-0.4, -0.2) is 36.3 Å². The quantitative estimate of drug-likeness (QED) is 0.634. The lowest BCUT2D eigenvalue weighted by molar-refractivity contribution is -0.125. The zero-order valence-corrected chi connectivity index (χ0v) is 14.1. The maximum atomic E-state index is 13.0. The molecule has 0 aromatic heterocycles. The Balaban J connectivity index is 2.10. The van der Waals surface area contributed by atoms with E-state index in [9.17, 15) is 14.9 Å². The molecule has 1 aromatic carbocycles. The minimum atomic E-state index is -0.320. The van der Waals surface area contributed by atoms with Gasteiger partial charge in [0.05, 0.1) is 11.3 Å². The molecule has 1 saturated heterocycles. The van der Waals surface area contributed by atoms with E-state index < -0.39 is 0 Å². The number of hydrogen-bond donors (Lipinski definition) is 0. The number of carbonyl (C=O) groups excluding carboxylic acids is 2. The van der Waals surface area contributed by atoms with E-state index in [4.69, 9.17) is 0 Å². The van der Waals surface area contributed by atoms with Crippen molar-refractivity contribution >= 4 is 23.1 Å². The van der Waals surface area contributed by atoms with Crippen LogP contribution in [0.15, 0.2) is 29.8 Å². The summed E-state index contributed by atoms with van der Waals surface area (Å²) in [7, 11) is 0. The minimum Gasteiger partial charge on any atom is -0.338 e. The third-order valence-corrected chi connectivity index (χ3v) is 4.44. The molecule has 0 aliphatic carbocycles. The fraction of sp³-hybridized carbons (Fsp3) is 0.421. The van der Waals surface area contributed by atoms with Crippen LogP contribution >= 0.6 is 0 Å². The standard InChI is InChI=1S/C19H21N3O2/c1-13(2)12-22-16-8-4-3-7-14(16)17(19(22)24)15(11-20)18(23)21-9-5-6-10-21/h3-4,7-8,13H,5-6,9-10,12H2,1-2H3. The third-order valence-electron chi connectivity index (χ3n) is 4.44. The van der Waals surface area contributed by atoms with Gasteiger partial charge in [-0.3, -0.25) is 9.59 Å². The Morgan fingerprint density at radius 3 is 2.54 bits per heavy atom. The zero-order valence-electron chi connectivity index (χ0n) is 14.1. The first kappa shape index (κ1) is 16.3. The Bertz CT molecular complexity index is 752. The molecule has 2 amide bonds. The summed E-state index contributed by atoms with van der Waals surface area (Å²) in [5.74, 6) is -0.269. The van der Waals surface area contributed by atoms with E-state index in [0.29, 0.717) is 31.1 Å². The summed E-state index contributed by atoms with van der Waals surface area (Å²) in [6, 6.07) is 9.40. The number of benzene rings is 1. The predicted octanol–water partition coefficient (Wildman–Crippen LogP) is 2.59. The molecule has 2 heterocycles. The van der Waals surface area contributed by atoms with Gasteiger partial charge in [0.2, 0.25) is 0 Å². The molecule has 0 unspecified atom stereocenters. The lowest BCUT2D eigenvalue weighted by Crippen LogP contribution is -2.33. The molecule has 0 radical (unpaired) electrons. The van der Waals surface area contributed by atoms with Crippen molar-refractivity contribution in [1.82, 2.24) is 4.90 Å². The van der Waals surface area contributed by atoms with E-state index in [1.165, 1.54) is 0 Å². The molecule has 0 N–H and O–H groups in total. The first-order valence-corrected chi connectivity index (χ1v) is 8.39. The molecular weight excluding hydrogens is 302 g/mol. The van der Waals surface area contributed by atoms with Crippen LogP contribution in [-0.2, 0) is 9.59 Å². The maximum absolute atomic E-state index is 13.0. The highest BCUT2D eigenvalue weighted by atomic mass is 16.2. The normalized spacial score (nSPS) is 18.8. The van der Waals surface area contributed by atoms with Gasteiger partial charge >= 0.3 is 0 Å². The largest absolute Gasteiger partial charge is 0.338 e. The Hall–Kier alpha value is -2.61. The van der Waals surface area contributed by atoms with Crippen LogP contribution in [0.25, 0.3) is 5.57 Å². The average Bonchev–Trinajstić information content (AvgIpc) is 3.18. The van der Waals surface area contributed by atoms with Crippen LogP contribution in [0.2, 0.25) is 0 Å². The molecule has 2 aliphatic heterocycles. The monoisotopic (exact) mass is 323 g/mol. The molecule has 0 saturated carbocycles. The van der Waals surface area contributed by atoms with Gasteiger partial charge in [-0.1, -0.05) is 32.0 Å². The van der Waals surface area contributed by atoms with E-state index in [1.807, 2.05) is 44.2 Å². The van der Waals surface area contributed by atoms with Crippen LogP contribution in [0.3, 0.4) is 0 Å². The van der Waals surface area contributed by atoms with Crippen LogP contribution in [0.4, 0.5) is 5.69 Å². The summed E-state index contributed by atoms with van der Waals surface area (Å²) >= 11 is 0. The van der Waals surface area contributed by atoms with Crippen LogP contribution in [0.5, 0.6) is 0 Å². The Morgan fingerprint density at radius 2 is 1.92 bits per heavy atom. The van der Waals surface area contributed by atoms with Gasteiger partial charge in [-0.25, -0.2) is 0 Å². The summed E-state index contributed by atoms with van der Waals surface area (Å²) in [6.07, 6.45) is 1.90. The van der Waals surface area contributed by atoms with Crippen molar-refractivity contribution in [3.05, 3.63) is 35.4 Å². The lowest BCUT2D eigenvalue weighted by atomic mass is 10.0. The second-order valence-corrected chi connectivity index (χ2v) is 6.69. The first-order chi connectivity index (χ1) is 11.5. The van der Waals surface area contributed by atoms with Crippen molar-refractivity contribution in [1.29, 1.82) is 5.26 Å². The molecule has 124 valence electrons. The molecule has 1 fully saturated rings. The minimum absolute atomic E-state index is 0.0272. The Morgan fingerprint density at radius 1 is 1.25 bits per heavy atom. The van der Waals surface area contributed by atoms with Gasteiger partial charge in [0.25, 0.3) is 11.8 Å². The number of para-hydroxylation sites is 1. The number of hydrogen-bond acceptors (Lipinski definition) is 3. The second kappa shape index (κ2) is 6.48. The molecule has 1 aromatic rings. The number of anilines is 1. The summed E-state index contributed by atoms with van der Waals surface area (Å²) in [5.41, 5.74) is 1.70. The highest BCUT2D eigenvalue weighted by Gasteiger charge is 2.37. The number of likely N-dealkylation sites (tertiary alicyclic amines) is 1. The van der Waals surface area contributed by atoms with Crippen LogP contribution < -0.4 is 4.90 Å². The van der Waals surface area contributed by atoms with Crippen LogP contribution in [0, 0.1) is 17.2 Å². The van der Waals surface area contributed by atoms with Gasteiger partial charge in [0.15, 0.2) is 0 Å². The molecular formula is C19H21N3O2. The molecule has 2 aliphatic rings. The molecule has 24 heavy (non-hydrogen) atoms. The summed E-state index contributed by atoms with van der Waals surface area (Å²) in [6.45, 7) is 5.96. The molecule has 0 spiro atoms. The lowest BCUT2D eigenvalue weighted by Gasteiger charge is -2.19. The number of rotatable bonds is 3. The Kier molecular flexibility index (Phi) is 4.39. The highest BCUT2D eigenvalue weighted by molar-refractivity contribution is 6.37. The third kappa shape index (κ3) is 2.69. The van der Waals surface area contributed by atoms with E-state index in [2.05, 4.69) is 0 Å². The zero-order chi connectivity index (χ0) is 17.3. The molecule has 5 nitrogen and oxygen atoms in total. The number of amides is 2. The topological polar surface area (TPSA) is 64.4 Å². The van der Waals surface area contributed by atoms with Gasteiger partial charge in [0.1, 0.15) is 11.6 Å². The van der Waals surface area contributed by atoms with Gasteiger partial charge in [-0.15, -0.1) is 0 Å². The summed E-state index contributed by atoms with van der Waals surface area (Å²) < 4.78 is 0. The number of nitrogens with zero attached hydrogens (tertiary/aromatic N) is 3. The van der Waals surface area contributed by atoms with Gasteiger partial charge in [-0.2, -0.15) is 5.26 Å². The van der Waals surface area contributed by atoms with Gasteiger partial charge in [0, 0.05) is 25.2 Å². The number of fused-ring (bicyclic) bond motifs is 1. The number of carbonyl (C=O) groups is 2. The van der Waals surface area contributed by atoms with E-state index >= 15 is 0 Å². The highest BCUT2D eigenvalue weighted by Crippen LogP contribution is 2.39. The van der Waals surface area contributed by atoms with Crippen molar-refractivity contribution in [2.24, 2.45) is 5.92 Å². The van der Waals surface area contributed by atoms with Crippen molar-refractivity contribution in [3.8, 4) is 6.07 Å². The van der Waals surface area contributed by atoms with Crippen LogP contribution in [0.1, 0.15) is 32.3 Å².